The highest BCUT2D eigenvalue weighted by atomic mass is 16.5. The molecule has 3 rings (SSSR count). The number of furan rings is 1. The number of aromatic nitrogens is 2. The SMILES string of the molecule is CN1CCCC(Oc2nc(N)nc(-c3ccco3)c2C#N)C1. The molecule has 0 amide bonds. The number of nitrogens with zero attached hydrogens (tertiary/aromatic N) is 4. The van der Waals surface area contributed by atoms with E-state index in [9.17, 15) is 5.26 Å². The van der Waals surface area contributed by atoms with E-state index in [1.165, 1.54) is 6.26 Å². The maximum Gasteiger partial charge on any atom is 0.237 e. The Balaban J connectivity index is 1.95. The highest BCUT2D eigenvalue weighted by Gasteiger charge is 2.23. The summed E-state index contributed by atoms with van der Waals surface area (Å²) in [5.74, 6) is 0.752. The van der Waals surface area contributed by atoms with Crippen LogP contribution in [0.5, 0.6) is 5.88 Å². The van der Waals surface area contributed by atoms with E-state index in [0.717, 1.165) is 25.9 Å². The molecule has 1 fully saturated rings. The zero-order chi connectivity index (χ0) is 15.5. The molecule has 3 heterocycles. The molecule has 0 bridgehead atoms. The normalized spacial score (nSPS) is 18.8. The van der Waals surface area contributed by atoms with Crippen molar-refractivity contribution in [2.24, 2.45) is 0 Å². The molecule has 7 heteroatoms. The molecule has 1 aliphatic heterocycles. The fourth-order valence-corrected chi connectivity index (χ4v) is 2.61. The van der Waals surface area contributed by atoms with Crippen LogP contribution in [0.3, 0.4) is 0 Å². The summed E-state index contributed by atoms with van der Waals surface area (Å²) < 4.78 is 11.2. The van der Waals surface area contributed by atoms with Crippen molar-refractivity contribution in [1.29, 1.82) is 5.26 Å². The fourth-order valence-electron chi connectivity index (χ4n) is 2.61. The zero-order valence-electron chi connectivity index (χ0n) is 12.3. The van der Waals surface area contributed by atoms with Gasteiger partial charge in [0.2, 0.25) is 11.8 Å². The van der Waals surface area contributed by atoms with Gasteiger partial charge in [-0.25, -0.2) is 4.98 Å². The van der Waals surface area contributed by atoms with Crippen LogP contribution >= 0.6 is 0 Å². The van der Waals surface area contributed by atoms with Crippen LogP contribution in [0, 0.1) is 11.3 Å². The van der Waals surface area contributed by atoms with E-state index in [1.807, 2.05) is 7.05 Å². The van der Waals surface area contributed by atoms with Crippen LogP contribution in [-0.2, 0) is 0 Å². The Bertz CT molecular complexity index is 693. The molecule has 22 heavy (non-hydrogen) atoms. The number of likely N-dealkylation sites (tertiary alicyclic amines) is 1. The Morgan fingerprint density at radius 2 is 2.36 bits per heavy atom. The summed E-state index contributed by atoms with van der Waals surface area (Å²) in [6.45, 7) is 1.85. The van der Waals surface area contributed by atoms with Crippen molar-refractivity contribution in [3.8, 4) is 23.4 Å². The van der Waals surface area contributed by atoms with Crippen LogP contribution in [0.2, 0.25) is 0 Å². The zero-order valence-corrected chi connectivity index (χ0v) is 12.3. The van der Waals surface area contributed by atoms with Crippen molar-refractivity contribution in [3.05, 3.63) is 24.0 Å². The van der Waals surface area contributed by atoms with Crippen LogP contribution < -0.4 is 10.5 Å². The quantitative estimate of drug-likeness (QED) is 0.919. The van der Waals surface area contributed by atoms with Crippen molar-refractivity contribution < 1.29 is 9.15 Å². The topological polar surface area (TPSA) is 101 Å². The Morgan fingerprint density at radius 1 is 1.50 bits per heavy atom. The van der Waals surface area contributed by atoms with Crippen molar-refractivity contribution in [2.45, 2.75) is 18.9 Å². The lowest BCUT2D eigenvalue weighted by atomic mass is 10.1. The van der Waals surface area contributed by atoms with Gasteiger partial charge in [0.25, 0.3) is 0 Å². The van der Waals surface area contributed by atoms with E-state index in [1.54, 1.807) is 12.1 Å². The maximum absolute atomic E-state index is 9.47. The lowest BCUT2D eigenvalue weighted by Gasteiger charge is -2.29. The molecular formula is C15H17N5O2. The molecule has 1 aliphatic rings. The second kappa shape index (κ2) is 6.03. The first-order valence-corrected chi connectivity index (χ1v) is 7.14. The molecule has 2 aromatic rings. The highest BCUT2D eigenvalue weighted by Crippen LogP contribution is 2.29. The monoisotopic (exact) mass is 299 g/mol. The van der Waals surface area contributed by atoms with Gasteiger partial charge >= 0.3 is 0 Å². The molecular weight excluding hydrogens is 282 g/mol. The van der Waals surface area contributed by atoms with Crippen molar-refractivity contribution in [2.75, 3.05) is 25.9 Å². The van der Waals surface area contributed by atoms with E-state index < -0.39 is 0 Å². The van der Waals surface area contributed by atoms with Gasteiger partial charge in [-0.1, -0.05) is 0 Å². The number of likely N-dealkylation sites (N-methyl/N-ethyl adjacent to an activating group) is 1. The number of piperidine rings is 1. The molecule has 0 radical (unpaired) electrons. The number of hydrogen-bond acceptors (Lipinski definition) is 7. The van der Waals surface area contributed by atoms with Gasteiger partial charge in [-0.15, -0.1) is 0 Å². The largest absolute Gasteiger partial charge is 0.472 e. The van der Waals surface area contributed by atoms with Gasteiger partial charge in [0.1, 0.15) is 23.4 Å². The van der Waals surface area contributed by atoms with Gasteiger partial charge in [0, 0.05) is 6.54 Å². The number of rotatable bonds is 3. The molecule has 7 nitrogen and oxygen atoms in total. The summed E-state index contributed by atoms with van der Waals surface area (Å²) in [5, 5.41) is 9.47. The molecule has 2 N–H and O–H groups in total. The van der Waals surface area contributed by atoms with Gasteiger partial charge in [-0.2, -0.15) is 10.2 Å². The molecule has 114 valence electrons. The number of nitriles is 1. The maximum atomic E-state index is 9.47. The van der Waals surface area contributed by atoms with Crippen molar-refractivity contribution in [3.63, 3.8) is 0 Å². The Labute approximate surface area is 128 Å². The minimum Gasteiger partial charge on any atom is -0.472 e. The van der Waals surface area contributed by atoms with E-state index in [-0.39, 0.29) is 23.5 Å². The first-order chi connectivity index (χ1) is 10.7. The predicted molar refractivity (Wildman–Crippen MR) is 80.0 cm³/mol. The van der Waals surface area contributed by atoms with Crippen LogP contribution in [0.1, 0.15) is 18.4 Å². The van der Waals surface area contributed by atoms with Gasteiger partial charge in [0.15, 0.2) is 5.76 Å². The lowest BCUT2D eigenvalue weighted by Crippen LogP contribution is -2.38. The fraction of sp³-hybridized carbons (Fsp3) is 0.400. The minimum atomic E-state index is -0.00963. The molecule has 0 aromatic carbocycles. The number of ether oxygens (including phenoxy) is 1. The van der Waals surface area contributed by atoms with E-state index in [4.69, 9.17) is 14.9 Å². The predicted octanol–water partition coefficient (Wildman–Crippen LogP) is 1.66. The molecule has 1 atom stereocenters. The summed E-state index contributed by atoms with van der Waals surface area (Å²) in [7, 11) is 2.04. The van der Waals surface area contributed by atoms with Gasteiger partial charge in [-0.05, 0) is 38.6 Å². The van der Waals surface area contributed by atoms with Crippen LogP contribution in [0.25, 0.3) is 11.5 Å². The summed E-state index contributed by atoms with van der Waals surface area (Å²) in [6, 6.07) is 5.55. The molecule has 2 aromatic heterocycles. The summed E-state index contributed by atoms with van der Waals surface area (Å²) in [5.41, 5.74) is 6.37. The lowest BCUT2D eigenvalue weighted by molar-refractivity contribution is 0.0998. The standard InChI is InChI=1S/C15H17N5O2/c1-20-6-2-4-10(9-20)22-14-11(8-16)13(18-15(17)19-14)12-5-3-7-21-12/h3,5,7,10H,2,4,6,9H2,1H3,(H2,17,18,19). The summed E-state index contributed by atoms with van der Waals surface area (Å²) in [4.78, 5) is 10.4. The van der Waals surface area contributed by atoms with Crippen LogP contribution in [-0.4, -0.2) is 41.1 Å². The molecule has 1 unspecified atom stereocenters. The first kappa shape index (κ1) is 14.4. The van der Waals surface area contributed by atoms with Crippen molar-refractivity contribution in [1.82, 2.24) is 14.9 Å². The summed E-state index contributed by atoms with van der Waals surface area (Å²) in [6.07, 6.45) is 3.49. The molecule has 0 saturated carbocycles. The average Bonchev–Trinajstić information content (AvgIpc) is 3.01. The second-order valence-electron chi connectivity index (χ2n) is 5.34. The number of nitrogens with two attached hydrogens (primary N) is 1. The smallest absolute Gasteiger partial charge is 0.237 e. The third-order valence-electron chi connectivity index (χ3n) is 3.62. The van der Waals surface area contributed by atoms with E-state index in [0.29, 0.717) is 11.5 Å². The number of anilines is 1. The van der Waals surface area contributed by atoms with E-state index >= 15 is 0 Å². The molecule has 1 saturated heterocycles. The first-order valence-electron chi connectivity index (χ1n) is 7.14. The second-order valence-corrected chi connectivity index (χ2v) is 5.34. The third kappa shape index (κ3) is 2.87. The number of nitrogen functional groups attached to an aromatic ring is 1. The highest BCUT2D eigenvalue weighted by molar-refractivity contribution is 5.66. The average molecular weight is 299 g/mol. The number of hydrogen-bond donors (Lipinski definition) is 1. The van der Waals surface area contributed by atoms with Gasteiger partial charge < -0.3 is 19.8 Å². The van der Waals surface area contributed by atoms with Crippen LogP contribution in [0.4, 0.5) is 5.95 Å². The van der Waals surface area contributed by atoms with Gasteiger partial charge in [0.05, 0.1) is 6.26 Å². The minimum absolute atomic E-state index is 0.00963. The summed E-state index contributed by atoms with van der Waals surface area (Å²) >= 11 is 0. The Hall–Kier alpha value is -2.59. The molecule has 0 spiro atoms. The van der Waals surface area contributed by atoms with Crippen molar-refractivity contribution >= 4 is 5.95 Å². The molecule has 0 aliphatic carbocycles. The van der Waals surface area contributed by atoms with Crippen LogP contribution in [0.15, 0.2) is 22.8 Å². The van der Waals surface area contributed by atoms with Gasteiger partial charge in [-0.3, -0.25) is 0 Å². The Kier molecular flexibility index (Phi) is 3.94. The Morgan fingerprint density at radius 3 is 3.05 bits per heavy atom. The third-order valence-corrected chi connectivity index (χ3v) is 3.62. The van der Waals surface area contributed by atoms with E-state index in [2.05, 4.69) is 20.9 Å².